The Hall–Kier alpha value is -3.20. The zero-order valence-corrected chi connectivity index (χ0v) is 24.9. The first-order chi connectivity index (χ1) is 19.5. The molecule has 3 aromatic carbocycles. The van der Waals surface area contributed by atoms with Gasteiger partial charge in [-0.2, -0.15) is 0 Å². The normalized spacial score (nSPS) is 14.1. The van der Waals surface area contributed by atoms with Crippen molar-refractivity contribution in [2.24, 2.45) is 0 Å². The lowest BCUT2D eigenvalue weighted by Crippen LogP contribution is -2.27. The van der Waals surface area contributed by atoms with Gasteiger partial charge in [-0.3, -0.25) is 9.69 Å². The summed E-state index contributed by atoms with van der Waals surface area (Å²) in [5.74, 6) is 2.24. The fourth-order valence-electron chi connectivity index (χ4n) is 4.04. The quantitative estimate of drug-likeness (QED) is 0.105. The number of unbranched alkanes of at least 4 members (excludes halogenated alkanes) is 3. The van der Waals surface area contributed by atoms with Crippen LogP contribution in [0.3, 0.4) is 0 Å². The van der Waals surface area contributed by atoms with Crippen molar-refractivity contribution in [3.63, 3.8) is 0 Å². The first-order valence-electron chi connectivity index (χ1n) is 13.2. The average molecular weight is 598 g/mol. The van der Waals surface area contributed by atoms with E-state index in [-0.39, 0.29) is 12.5 Å². The van der Waals surface area contributed by atoms with Gasteiger partial charge in [0.05, 0.1) is 29.3 Å². The van der Waals surface area contributed by atoms with Crippen molar-refractivity contribution >= 4 is 57.6 Å². The second kappa shape index (κ2) is 15.0. The van der Waals surface area contributed by atoms with E-state index in [1.54, 1.807) is 25.3 Å². The van der Waals surface area contributed by atoms with Crippen molar-refractivity contribution in [1.29, 1.82) is 0 Å². The number of carbonyl (C=O) groups is 1. The number of thiocarbonyl (C=S) groups is 1. The molecule has 1 heterocycles. The first kappa shape index (κ1) is 29.8. The van der Waals surface area contributed by atoms with Crippen molar-refractivity contribution in [3.05, 3.63) is 82.2 Å². The molecule has 1 amide bonds. The highest BCUT2D eigenvalue weighted by Crippen LogP contribution is 2.40. The molecule has 1 saturated heterocycles. The molecule has 0 radical (unpaired) electrons. The van der Waals surface area contributed by atoms with E-state index in [4.69, 9.17) is 42.8 Å². The van der Waals surface area contributed by atoms with Gasteiger partial charge in [0, 0.05) is 0 Å². The molecule has 1 aliphatic rings. The number of para-hydroxylation sites is 1. The summed E-state index contributed by atoms with van der Waals surface area (Å²) in [5, 5.41) is 0.365. The standard InChI is InChI=1S/C31H32ClNO5S2/c1-3-4-5-9-16-36-24-12-14-25(15-13-24)37-17-18-38-29-26(32)19-22(20-27(29)35-2)21-28-30(34)33(31(39)40-28)23-10-7-6-8-11-23/h6-8,10-15,19-21H,3-5,9,16-18H2,1-2H3/b28-21+. The molecule has 9 heteroatoms. The third kappa shape index (κ3) is 7.93. The lowest BCUT2D eigenvalue weighted by atomic mass is 10.1. The van der Waals surface area contributed by atoms with Crippen LogP contribution in [0, 0.1) is 0 Å². The third-order valence-electron chi connectivity index (χ3n) is 6.05. The average Bonchev–Trinajstić information content (AvgIpc) is 3.24. The molecule has 0 saturated carbocycles. The van der Waals surface area contributed by atoms with Crippen LogP contribution in [0.4, 0.5) is 5.69 Å². The molecule has 1 fully saturated rings. The van der Waals surface area contributed by atoms with Crippen LogP contribution in [-0.2, 0) is 4.79 Å². The Bertz CT molecular complexity index is 1330. The largest absolute Gasteiger partial charge is 0.494 e. The van der Waals surface area contributed by atoms with Gasteiger partial charge < -0.3 is 18.9 Å². The molecule has 0 aromatic heterocycles. The summed E-state index contributed by atoms with van der Waals surface area (Å²) in [5.41, 5.74) is 1.43. The lowest BCUT2D eigenvalue weighted by Gasteiger charge is -2.14. The Balaban J connectivity index is 1.32. The summed E-state index contributed by atoms with van der Waals surface area (Å²) in [6, 6.07) is 20.4. The predicted octanol–water partition coefficient (Wildman–Crippen LogP) is 8.17. The van der Waals surface area contributed by atoms with E-state index in [2.05, 4.69) is 6.92 Å². The number of benzene rings is 3. The van der Waals surface area contributed by atoms with Crippen LogP contribution in [0.5, 0.6) is 23.0 Å². The minimum atomic E-state index is -0.180. The summed E-state index contributed by atoms with van der Waals surface area (Å²) in [4.78, 5) is 15.1. The van der Waals surface area contributed by atoms with E-state index in [0.717, 1.165) is 30.2 Å². The molecule has 0 atom stereocenters. The van der Waals surface area contributed by atoms with Crippen molar-refractivity contribution in [1.82, 2.24) is 0 Å². The van der Waals surface area contributed by atoms with Crippen molar-refractivity contribution in [2.75, 3.05) is 31.8 Å². The predicted molar refractivity (Wildman–Crippen MR) is 167 cm³/mol. The topological polar surface area (TPSA) is 57.2 Å². The molecule has 0 unspecified atom stereocenters. The molecule has 0 bridgehead atoms. The van der Waals surface area contributed by atoms with Gasteiger partial charge in [0.25, 0.3) is 5.91 Å². The number of nitrogens with zero attached hydrogens (tertiary/aromatic N) is 1. The Morgan fingerprint density at radius 3 is 2.25 bits per heavy atom. The zero-order chi connectivity index (χ0) is 28.3. The number of anilines is 1. The maximum absolute atomic E-state index is 13.1. The fraction of sp³-hybridized carbons (Fsp3) is 0.290. The van der Waals surface area contributed by atoms with E-state index in [0.29, 0.717) is 37.9 Å². The van der Waals surface area contributed by atoms with Crippen LogP contribution >= 0.6 is 35.6 Å². The molecule has 3 aromatic rings. The van der Waals surface area contributed by atoms with Crippen molar-refractivity contribution < 1.29 is 23.7 Å². The smallest absolute Gasteiger partial charge is 0.270 e. The van der Waals surface area contributed by atoms with Crippen LogP contribution in [0.15, 0.2) is 71.6 Å². The molecule has 0 N–H and O–H groups in total. The number of ether oxygens (including phenoxy) is 4. The van der Waals surface area contributed by atoms with Gasteiger partial charge in [0.15, 0.2) is 15.8 Å². The van der Waals surface area contributed by atoms with Crippen LogP contribution in [0.1, 0.15) is 38.2 Å². The van der Waals surface area contributed by atoms with Crippen LogP contribution in [-0.4, -0.2) is 37.2 Å². The van der Waals surface area contributed by atoms with E-state index < -0.39 is 0 Å². The molecule has 210 valence electrons. The fourth-order valence-corrected chi connectivity index (χ4v) is 5.61. The van der Waals surface area contributed by atoms with Crippen molar-refractivity contribution in [2.45, 2.75) is 32.6 Å². The Morgan fingerprint density at radius 1 is 0.900 bits per heavy atom. The number of methoxy groups -OCH3 is 1. The summed E-state index contributed by atoms with van der Waals surface area (Å²) < 4.78 is 23.5. The molecular formula is C31H32ClNO5S2. The van der Waals surface area contributed by atoms with Gasteiger partial charge in [-0.25, -0.2) is 0 Å². The van der Waals surface area contributed by atoms with Gasteiger partial charge in [-0.1, -0.05) is 80.0 Å². The van der Waals surface area contributed by atoms with E-state index in [1.807, 2.05) is 54.6 Å². The van der Waals surface area contributed by atoms with E-state index in [1.165, 1.54) is 35.9 Å². The molecule has 4 rings (SSSR count). The molecular weight excluding hydrogens is 566 g/mol. The van der Waals surface area contributed by atoms with Gasteiger partial charge in [0.1, 0.15) is 24.7 Å². The van der Waals surface area contributed by atoms with E-state index in [9.17, 15) is 4.79 Å². The highest BCUT2D eigenvalue weighted by molar-refractivity contribution is 8.27. The lowest BCUT2D eigenvalue weighted by molar-refractivity contribution is -0.113. The van der Waals surface area contributed by atoms with E-state index >= 15 is 0 Å². The first-order valence-corrected chi connectivity index (χ1v) is 14.8. The van der Waals surface area contributed by atoms with Crippen LogP contribution in [0.2, 0.25) is 5.02 Å². The number of halogens is 1. The molecule has 1 aliphatic heterocycles. The second-order valence-corrected chi connectivity index (χ2v) is 11.0. The van der Waals surface area contributed by atoms with Crippen molar-refractivity contribution in [3.8, 4) is 23.0 Å². The Labute approximate surface area is 250 Å². The molecule has 6 nitrogen and oxygen atoms in total. The third-order valence-corrected chi connectivity index (χ3v) is 7.63. The summed E-state index contributed by atoms with van der Waals surface area (Å²) in [7, 11) is 1.54. The number of amides is 1. The zero-order valence-electron chi connectivity index (χ0n) is 22.6. The molecule has 0 aliphatic carbocycles. The molecule has 0 spiro atoms. The SMILES string of the molecule is CCCCCCOc1ccc(OCCOc2c(Cl)cc(/C=C3/SC(=S)N(c4ccccc4)C3=O)cc2OC)cc1. The Morgan fingerprint density at radius 2 is 1.57 bits per heavy atom. The van der Waals surface area contributed by atoms with Crippen LogP contribution in [0.25, 0.3) is 6.08 Å². The summed E-state index contributed by atoms with van der Waals surface area (Å²) >= 11 is 13.3. The number of thioether (sulfide) groups is 1. The highest BCUT2D eigenvalue weighted by Gasteiger charge is 2.33. The second-order valence-electron chi connectivity index (χ2n) is 8.96. The minimum Gasteiger partial charge on any atom is -0.494 e. The minimum absolute atomic E-state index is 0.180. The highest BCUT2D eigenvalue weighted by atomic mass is 35.5. The monoisotopic (exact) mass is 597 g/mol. The van der Waals surface area contributed by atoms with Gasteiger partial charge in [-0.15, -0.1) is 0 Å². The summed E-state index contributed by atoms with van der Waals surface area (Å²) in [6.45, 7) is 3.50. The van der Waals surface area contributed by atoms with Gasteiger partial charge in [-0.05, 0) is 66.6 Å². The van der Waals surface area contributed by atoms with Gasteiger partial charge >= 0.3 is 0 Å². The number of hydrogen-bond donors (Lipinski definition) is 0. The van der Waals surface area contributed by atoms with Crippen LogP contribution < -0.4 is 23.8 Å². The Kier molecular flexibility index (Phi) is 11.1. The summed E-state index contributed by atoms with van der Waals surface area (Å²) in [6.07, 6.45) is 6.45. The maximum atomic E-state index is 13.1. The number of rotatable bonds is 14. The van der Waals surface area contributed by atoms with Gasteiger partial charge in [0.2, 0.25) is 0 Å². The molecule has 40 heavy (non-hydrogen) atoms. The maximum Gasteiger partial charge on any atom is 0.270 e. The number of hydrogen-bond acceptors (Lipinski definition) is 7. The number of carbonyl (C=O) groups excluding carboxylic acids is 1.